The summed E-state index contributed by atoms with van der Waals surface area (Å²) in [5, 5.41) is 12.1. The monoisotopic (exact) mass is 291 g/mol. The first kappa shape index (κ1) is 15.4. The van der Waals surface area contributed by atoms with E-state index in [1.54, 1.807) is 13.2 Å². The van der Waals surface area contributed by atoms with Gasteiger partial charge in [-0.2, -0.15) is 0 Å². The molecule has 0 bridgehead atoms. The van der Waals surface area contributed by atoms with Crippen molar-refractivity contribution in [1.82, 2.24) is 5.32 Å². The number of ether oxygens (including phenoxy) is 1. The van der Waals surface area contributed by atoms with E-state index in [1.165, 1.54) is 0 Å². The number of rotatable bonds is 7. The summed E-state index contributed by atoms with van der Waals surface area (Å²) >= 11 is 0. The van der Waals surface area contributed by atoms with Crippen LogP contribution in [0.4, 0.5) is 0 Å². The van der Waals surface area contributed by atoms with Crippen molar-refractivity contribution in [2.45, 2.75) is 19.8 Å². The number of carboxylic acids is 1. The maximum atomic E-state index is 11.8. The predicted molar refractivity (Wildman–Crippen MR) is 78.1 cm³/mol. The van der Waals surface area contributed by atoms with Crippen molar-refractivity contribution in [3.05, 3.63) is 29.8 Å². The summed E-state index contributed by atoms with van der Waals surface area (Å²) in [4.78, 5) is 23.2. The zero-order chi connectivity index (χ0) is 15.4. The molecule has 0 heterocycles. The molecule has 1 aliphatic rings. The fourth-order valence-corrected chi connectivity index (χ4v) is 2.43. The van der Waals surface area contributed by atoms with Gasteiger partial charge in [-0.05, 0) is 30.4 Å². The second kappa shape index (κ2) is 6.61. The van der Waals surface area contributed by atoms with Gasteiger partial charge in [-0.15, -0.1) is 0 Å². The lowest BCUT2D eigenvalue weighted by Crippen LogP contribution is -2.35. The molecule has 21 heavy (non-hydrogen) atoms. The number of methoxy groups -OCH3 is 1. The first-order chi connectivity index (χ1) is 10.0. The number of aliphatic carboxylic acids is 1. The summed E-state index contributed by atoms with van der Waals surface area (Å²) < 4.78 is 5.23. The molecule has 1 amide bonds. The number of carbonyl (C=O) groups excluding carboxylic acids is 1. The van der Waals surface area contributed by atoms with Gasteiger partial charge >= 0.3 is 5.97 Å². The lowest BCUT2D eigenvalue weighted by atomic mass is 9.98. The number of hydrogen-bond acceptors (Lipinski definition) is 3. The quantitative estimate of drug-likeness (QED) is 0.802. The molecule has 5 heteroatoms. The minimum atomic E-state index is -0.912. The standard InChI is InChI=1S/C16H21NO4/c1-10-7-13(10)15(18)17-9-12(16(19)20)8-11-5-3-4-6-14(11)21-2/h3-6,10,12-13H,7-9H2,1-2H3,(H,17,18)(H,19,20)/t10-,12-,13+/m1/s1. The molecule has 1 saturated carbocycles. The molecular formula is C16H21NO4. The van der Waals surface area contributed by atoms with Gasteiger partial charge in [0.05, 0.1) is 13.0 Å². The molecule has 2 N–H and O–H groups in total. The Morgan fingerprint density at radius 1 is 1.43 bits per heavy atom. The van der Waals surface area contributed by atoms with E-state index < -0.39 is 11.9 Å². The van der Waals surface area contributed by atoms with Crippen molar-refractivity contribution in [3.8, 4) is 5.75 Å². The molecule has 1 aromatic carbocycles. The summed E-state index contributed by atoms with van der Waals surface area (Å²) in [6, 6.07) is 7.34. The van der Waals surface area contributed by atoms with Gasteiger partial charge in [0.1, 0.15) is 5.75 Å². The van der Waals surface area contributed by atoms with Gasteiger partial charge in [-0.1, -0.05) is 25.1 Å². The van der Waals surface area contributed by atoms with E-state index in [-0.39, 0.29) is 18.4 Å². The van der Waals surface area contributed by atoms with Crippen molar-refractivity contribution in [2.75, 3.05) is 13.7 Å². The maximum Gasteiger partial charge on any atom is 0.308 e. The minimum Gasteiger partial charge on any atom is -0.496 e. The van der Waals surface area contributed by atoms with Crippen LogP contribution >= 0.6 is 0 Å². The van der Waals surface area contributed by atoms with Gasteiger partial charge in [0.2, 0.25) is 5.91 Å². The predicted octanol–water partition coefficient (Wildman–Crippen LogP) is 1.71. The van der Waals surface area contributed by atoms with Crippen LogP contribution in [-0.2, 0) is 16.0 Å². The normalized spacial score (nSPS) is 21.4. The van der Waals surface area contributed by atoms with E-state index in [2.05, 4.69) is 5.32 Å². The molecule has 3 atom stereocenters. The lowest BCUT2D eigenvalue weighted by molar-refractivity contribution is -0.141. The van der Waals surface area contributed by atoms with Crippen molar-refractivity contribution in [1.29, 1.82) is 0 Å². The van der Waals surface area contributed by atoms with Crippen LogP contribution in [0, 0.1) is 17.8 Å². The second-order valence-electron chi connectivity index (χ2n) is 5.62. The number of amides is 1. The van der Waals surface area contributed by atoms with E-state index in [0.29, 0.717) is 18.1 Å². The highest BCUT2D eigenvalue weighted by atomic mass is 16.5. The van der Waals surface area contributed by atoms with Crippen LogP contribution in [0.2, 0.25) is 0 Å². The minimum absolute atomic E-state index is 0.0335. The fourth-order valence-electron chi connectivity index (χ4n) is 2.43. The van der Waals surface area contributed by atoms with Crippen LogP contribution in [0.25, 0.3) is 0 Å². The number of para-hydroxylation sites is 1. The molecule has 2 rings (SSSR count). The summed E-state index contributed by atoms with van der Waals surface area (Å²) in [7, 11) is 1.56. The van der Waals surface area contributed by atoms with Crippen molar-refractivity contribution < 1.29 is 19.4 Å². The zero-order valence-corrected chi connectivity index (χ0v) is 12.3. The summed E-state index contributed by atoms with van der Waals surface area (Å²) in [5.41, 5.74) is 0.835. The molecule has 0 aromatic heterocycles. The van der Waals surface area contributed by atoms with Gasteiger partial charge in [0.25, 0.3) is 0 Å². The first-order valence-electron chi connectivity index (χ1n) is 7.15. The third-order valence-electron chi connectivity index (χ3n) is 3.98. The van der Waals surface area contributed by atoms with Gasteiger partial charge in [-0.25, -0.2) is 0 Å². The van der Waals surface area contributed by atoms with Crippen LogP contribution < -0.4 is 10.1 Å². The Hall–Kier alpha value is -2.04. The number of nitrogens with one attached hydrogen (secondary N) is 1. The number of carbonyl (C=O) groups is 2. The van der Waals surface area contributed by atoms with E-state index in [4.69, 9.17) is 4.74 Å². The van der Waals surface area contributed by atoms with E-state index in [9.17, 15) is 14.7 Å². The van der Waals surface area contributed by atoms with Crippen LogP contribution in [0.3, 0.4) is 0 Å². The highest BCUT2D eigenvalue weighted by Crippen LogP contribution is 2.37. The SMILES string of the molecule is COc1ccccc1C[C@H](CNC(=O)[C@H]1C[C@H]1C)C(=O)O. The third-order valence-corrected chi connectivity index (χ3v) is 3.98. The van der Waals surface area contributed by atoms with Gasteiger partial charge < -0.3 is 15.2 Å². The van der Waals surface area contributed by atoms with Crippen LogP contribution in [0.5, 0.6) is 5.75 Å². The topological polar surface area (TPSA) is 75.6 Å². The molecule has 1 aliphatic carbocycles. The highest BCUT2D eigenvalue weighted by molar-refractivity contribution is 5.82. The average Bonchev–Trinajstić information content (AvgIpc) is 3.20. The molecule has 1 aromatic rings. The summed E-state index contributed by atoms with van der Waals surface area (Å²) in [6.45, 7) is 2.17. The van der Waals surface area contributed by atoms with Gasteiger partial charge in [-0.3, -0.25) is 9.59 Å². The second-order valence-corrected chi connectivity index (χ2v) is 5.62. The third kappa shape index (κ3) is 3.97. The lowest BCUT2D eigenvalue weighted by Gasteiger charge is -2.15. The fraction of sp³-hybridized carbons (Fsp3) is 0.500. The molecule has 1 fully saturated rings. The largest absolute Gasteiger partial charge is 0.496 e. The maximum absolute atomic E-state index is 11.8. The molecule has 0 spiro atoms. The molecule has 5 nitrogen and oxygen atoms in total. The molecular weight excluding hydrogens is 270 g/mol. The summed E-state index contributed by atoms with van der Waals surface area (Å²) in [6.07, 6.45) is 1.23. The number of carboxylic acid groups (broad SMARTS) is 1. The molecule has 0 unspecified atom stereocenters. The van der Waals surface area contributed by atoms with Crippen LogP contribution in [0.15, 0.2) is 24.3 Å². The van der Waals surface area contributed by atoms with E-state index >= 15 is 0 Å². The average molecular weight is 291 g/mol. The Kier molecular flexibility index (Phi) is 4.83. The molecule has 114 valence electrons. The van der Waals surface area contributed by atoms with Crippen molar-refractivity contribution >= 4 is 11.9 Å². The molecule has 0 aliphatic heterocycles. The number of hydrogen-bond donors (Lipinski definition) is 2. The van der Waals surface area contributed by atoms with Crippen molar-refractivity contribution in [2.24, 2.45) is 17.8 Å². The Morgan fingerprint density at radius 3 is 2.67 bits per heavy atom. The van der Waals surface area contributed by atoms with Crippen LogP contribution in [-0.4, -0.2) is 30.6 Å². The molecule has 0 radical (unpaired) electrons. The van der Waals surface area contributed by atoms with Gasteiger partial charge in [0, 0.05) is 12.5 Å². The Morgan fingerprint density at radius 2 is 2.10 bits per heavy atom. The highest BCUT2D eigenvalue weighted by Gasteiger charge is 2.39. The molecule has 0 saturated heterocycles. The van der Waals surface area contributed by atoms with Crippen LogP contribution in [0.1, 0.15) is 18.9 Å². The van der Waals surface area contributed by atoms with E-state index in [0.717, 1.165) is 12.0 Å². The first-order valence-corrected chi connectivity index (χ1v) is 7.15. The summed E-state index contributed by atoms with van der Waals surface area (Å²) in [5.74, 6) is -0.447. The number of benzene rings is 1. The smallest absolute Gasteiger partial charge is 0.308 e. The van der Waals surface area contributed by atoms with E-state index in [1.807, 2.05) is 25.1 Å². The Balaban J connectivity index is 1.95. The Labute approximate surface area is 124 Å². The van der Waals surface area contributed by atoms with Crippen molar-refractivity contribution in [3.63, 3.8) is 0 Å². The van der Waals surface area contributed by atoms with Gasteiger partial charge in [0.15, 0.2) is 0 Å². The zero-order valence-electron chi connectivity index (χ0n) is 12.3. The Bertz CT molecular complexity index is 529.